The molecule has 3 aromatic carbocycles. The van der Waals surface area contributed by atoms with Crippen LogP contribution in [0.5, 0.6) is 17.2 Å². The Hall–Kier alpha value is -4.61. The lowest BCUT2D eigenvalue weighted by Crippen LogP contribution is -2.47. The first-order valence-corrected chi connectivity index (χ1v) is 15.5. The number of benzene rings is 3. The van der Waals surface area contributed by atoms with E-state index in [0.29, 0.717) is 47.0 Å². The van der Waals surface area contributed by atoms with Gasteiger partial charge < -0.3 is 39.8 Å². The highest BCUT2D eigenvalue weighted by atomic mass is 16.5. The molecule has 11 nitrogen and oxygen atoms in total. The number of ether oxygens (including phenoxy) is 3. The van der Waals surface area contributed by atoms with Crippen molar-refractivity contribution < 1.29 is 33.7 Å². The third-order valence-electron chi connectivity index (χ3n) is 7.90. The number of hydrogen-bond acceptors (Lipinski definition) is 8. The Kier molecular flexibility index (Phi) is 12.4. The summed E-state index contributed by atoms with van der Waals surface area (Å²) < 4.78 is 16.5. The van der Waals surface area contributed by atoms with E-state index in [-0.39, 0.29) is 29.7 Å². The van der Waals surface area contributed by atoms with E-state index in [2.05, 4.69) is 22.6 Å². The van der Waals surface area contributed by atoms with Crippen LogP contribution in [0, 0.1) is 6.92 Å². The number of phenols is 1. The summed E-state index contributed by atoms with van der Waals surface area (Å²) in [5, 5.41) is 16.0. The topological polar surface area (TPSA) is 130 Å². The number of amides is 3. The smallest absolute Gasteiger partial charge is 0.259 e. The predicted molar refractivity (Wildman–Crippen MR) is 177 cm³/mol. The Morgan fingerprint density at radius 1 is 0.848 bits per heavy atom. The molecule has 4 rings (SSSR count). The minimum absolute atomic E-state index is 0.0806. The number of hydrogen-bond donors (Lipinski definition) is 3. The van der Waals surface area contributed by atoms with Crippen molar-refractivity contribution in [3.8, 4) is 17.2 Å². The van der Waals surface area contributed by atoms with Crippen LogP contribution in [0.1, 0.15) is 57.5 Å². The number of nitrogens with one attached hydrogen (secondary N) is 2. The van der Waals surface area contributed by atoms with Crippen LogP contribution in [0.15, 0.2) is 54.6 Å². The molecule has 0 unspecified atom stereocenters. The zero-order valence-corrected chi connectivity index (χ0v) is 27.1. The molecule has 0 bridgehead atoms. The Balaban J connectivity index is 1.33. The molecule has 3 N–H and O–H groups in total. The normalized spacial score (nSPS) is 13.3. The first-order chi connectivity index (χ1) is 22.2. The number of piperazine rings is 1. The summed E-state index contributed by atoms with van der Waals surface area (Å²) >= 11 is 0. The second kappa shape index (κ2) is 16.6. The average Bonchev–Trinajstić information content (AvgIpc) is 3.04. The number of aryl methyl sites for hydroxylation is 1. The molecule has 3 amide bonds. The number of likely N-dealkylation sites (N-methyl/N-ethyl adjacent to an activating group) is 1. The van der Waals surface area contributed by atoms with Gasteiger partial charge in [0.1, 0.15) is 17.2 Å². The zero-order valence-electron chi connectivity index (χ0n) is 27.1. The molecule has 0 aliphatic carbocycles. The van der Waals surface area contributed by atoms with E-state index in [0.717, 1.165) is 51.0 Å². The Morgan fingerprint density at radius 2 is 1.59 bits per heavy atom. The molecule has 246 valence electrons. The average molecular weight is 633 g/mol. The van der Waals surface area contributed by atoms with Crippen LogP contribution in [-0.4, -0.2) is 86.7 Å². The molecule has 46 heavy (non-hydrogen) atoms. The lowest BCUT2D eigenvalue weighted by atomic mass is 10.1. The molecule has 1 saturated heterocycles. The van der Waals surface area contributed by atoms with Gasteiger partial charge in [-0.05, 0) is 81.3 Å². The third kappa shape index (κ3) is 9.45. The molecule has 1 fully saturated rings. The highest BCUT2D eigenvalue weighted by molar-refractivity contribution is 6.08. The molecule has 0 saturated carbocycles. The third-order valence-corrected chi connectivity index (χ3v) is 7.90. The van der Waals surface area contributed by atoms with E-state index >= 15 is 0 Å². The van der Waals surface area contributed by atoms with Crippen LogP contribution in [0.3, 0.4) is 0 Å². The van der Waals surface area contributed by atoms with Crippen LogP contribution in [0.25, 0.3) is 0 Å². The Labute approximate surface area is 270 Å². The summed E-state index contributed by atoms with van der Waals surface area (Å²) in [4.78, 5) is 42.9. The first-order valence-electron chi connectivity index (χ1n) is 15.5. The number of carbonyl (C=O) groups is 3. The molecule has 3 aromatic rings. The lowest BCUT2D eigenvalue weighted by molar-refractivity contribution is -0.132. The molecule has 11 heteroatoms. The number of phenolic OH excluding ortho intramolecular Hbond substituents is 1. The van der Waals surface area contributed by atoms with Crippen LogP contribution in [0.2, 0.25) is 0 Å². The zero-order chi connectivity index (χ0) is 33.1. The van der Waals surface area contributed by atoms with Crippen LogP contribution >= 0.6 is 0 Å². The van der Waals surface area contributed by atoms with Gasteiger partial charge in [-0.25, -0.2) is 0 Å². The van der Waals surface area contributed by atoms with Crippen molar-refractivity contribution in [2.24, 2.45) is 0 Å². The maximum Gasteiger partial charge on any atom is 0.259 e. The maximum absolute atomic E-state index is 13.3. The Morgan fingerprint density at radius 3 is 2.30 bits per heavy atom. The molecule has 0 aromatic heterocycles. The summed E-state index contributed by atoms with van der Waals surface area (Å²) in [5.41, 5.74) is 3.02. The van der Waals surface area contributed by atoms with Crippen molar-refractivity contribution in [3.05, 3.63) is 76.9 Å². The summed E-state index contributed by atoms with van der Waals surface area (Å²) in [7, 11) is 5.07. The fourth-order valence-electron chi connectivity index (χ4n) is 5.15. The van der Waals surface area contributed by atoms with Gasteiger partial charge in [-0.3, -0.25) is 14.4 Å². The lowest BCUT2D eigenvalue weighted by Gasteiger charge is -2.32. The number of nitrogens with zero attached hydrogens (tertiary/aromatic N) is 2. The van der Waals surface area contributed by atoms with Gasteiger partial charge in [-0.1, -0.05) is 6.07 Å². The molecule has 0 spiro atoms. The SMILES string of the molecule is COCc1cc(C(=O)Nc2ccc(C)cc2OCCCCCC(=O)N2CCN(C)CC2)ccc1NC(=O)c1ccc(OC)cc1O. The molecule has 1 aliphatic rings. The van der Waals surface area contributed by atoms with E-state index in [4.69, 9.17) is 14.2 Å². The molecular weight excluding hydrogens is 588 g/mol. The quantitative estimate of drug-likeness (QED) is 0.210. The molecular formula is C35H44N4O7. The first kappa shape index (κ1) is 34.3. The van der Waals surface area contributed by atoms with E-state index in [9.17, 15) is 19.5 Å². The van der Waals surface area contributed by atoms with Gasteiger partial charge >= 0.3 is 0 Å². The van der Waals surface area contributed by atoms with E-state index in [1.54, 1.807) is 24.3 Å². The summed E-state index contributed by atoms with van der Waals surface area (Å²) in [6.07, 6.45) is 3.02. The number of rotatable bonds is 14. The second-order valence-electron chi connectivity index (χ2n) is 11.4. The van der Waals surface area contributed by atoms with Gasteiger partial charge in [0.15, 0.2) is 0 Å². The molecule has 0 radical (unpaired) electrons. The van der Waals surface area contributed by atoms with E-state index in [1.165, 1.54) is 26.4 Å². The van der Waals surface area contributed by atoms with Crippen molar-refractivity contribution in [2.45, 2.75) is 39.2 Å². The largest absolute Gasteiger partial charge is 0.507 e. The number of aromatic hydroxyl groups is 1. The Bertz CT molecular complexity index is 1520. The summed E-state index contributed by atoms with van der Waals surface area (Å²) in [6.45, 7) is 6.00. The maximum atomic E-state index is 13.3. The number of methoxy groups -OCH3 is 2. The minimum Gasteiger partial charge on any atom is -0.507 e. The van der Waals surface area contributed by atoms with Crippen LogP contribution in [-0.2, 0) is 16.1 Å². The van der Waals surface area contributed by atoms with Gasteiger partial charge in [0.25, 0.3) is 11.8 Å². The highest BCUT2D eigenvalue weighted by Gasteiger charge is 2.19. The fourth-order valence-corrected chi connectivity index (χ4v) is 5.15. The van der Waals surface area contributed by atoms with Gasteiger partial charge in [-0.2, -0.15) is 0 Å². The standard InChI is InChI=1S/C35H44N4O7/c1-24-9-13-30(32(20-24)46-19-7-5-6-8-33(41)39-17-15-38(2)16-18-39)37-34(42)25-10-14-29(26(21-25)23-44-3)36-35(43)28-12-11-27(45-4)22-31(28)40/h9-14,20-22,40H,5-8,15-19,23H2,1-4H3,(H,36,43)(H,37,42). The van der Waals surface area contributed by atoms with Gasteiger partial charge in [0.05, 0.1) is 31.6 Å². The second-order valence-corrected chi connectivity index (χ2v) is 11.4. The van der Waals surface area contributed by atoms with Gasteiger partial charge in [0, 0.05) is 62.6 Å². The summed E-state index contributed by atoms with van der Waals surface area (Å²) in [6, 6.07) is 14.9. The number of carbonyl (C=O) groups excluding carboxylic acids is 3. The molecule has 1 heterocycles. The fraction of sp³-hybridized carbons (Fsp3) is 0.400. The predicted octanol–water partition coefficient (Wildman–Crippen LogP) is 5.07. The molecule has 0 atom stereocenters. The van der Waals surface area contributed by atoms with Crippen molar-refractivity contribution in [2.75, 3.05) is 64.7 Å². The van der Waals surface area contributed by atoms with Crippen molar-refractivity contribution in [3.63, 3.8) is 0 Å². The van der Waals surface area contributed by atoms with Gasteiger partial charge in [0.2, 0.25) is 5.91 Å². The summed E-state index contributed by atoms with van der Waals surface area (Å²) in [5.74, 6) is 0.141. The number of unbranched alkanes of at least 4 members (excludes halogenated alkanes) is 2. The minimum atomic E-state index is -0.516. The van der Waals surface area contributed by atoms with Gasteiger partial charge in [-0.15, -0.1) is 0 Å². The highest BCUT2D eigenvalue weighted by Crippen LogP contribution is 2.29. The van der Waals surface area contributed by atoms with Crippen molar-refractivity contribution >= 4 is 29.1 Å². The van der Waals surface area contributed by atoms with Crippen molar-refractivity contribution in [1.29, 1.82) is 0 Å². The van der Waals surface area contributed by atoms with Crippen LogP contribution < -0.4 is 20.1 Å². The molecule has 1 aliphatic heterocycles. The number of anilines is 2. The monoisotopic (exact) mass is 632 g/mol. The van der Waals surface area contributed by atoms with Crippen LogP contribution in [0.4, 0.5) is 11.4 Å². The van der Waals surface area contributed by atoms with Crippen molar-refractivity contribution in [1.82, 2.24) is 9.80 Å². The van der Waals surface area contributed by atoms with E-state index in [1.807, 2.05) is 30.0 Å². The van der Waals surface area contributed by atoms with E-state index < -0.39 is 5.91 Å².